The van der Waals surface area contributed by atoms with E-state index in [9.17, 15) is 35.1 Å². The summed E-state index contributed by atoms with van der Waals surface area (Å²) in [5.41, 5.74) is -0.453. The molecule has 3 rings (SSSR count). The number of halogens is 8. The average molecular weight is 490 g/mol. The van der Waals surface area contributed by atoms with E-state index in [4.69, 9.17) is 0 Å². The Kier molecular flexibility index (Phi) is 8.05. The number of alkyl halides is 3. The van der Waals surface area contributed by atoms with Crippen LogP contribution in [0.25, 0.3) is 21.9 Å². The van der Waals surface area contributed by atoms with Crippen LogP contribution in [0.2, 0.25) is 0 Å². The lowest BCUT2D eigenvalue weighted by Gasteiger charge is -2.14. The van der Waals surface area contributed by atoms with Gasteiger partial charge in [0.1, 0.15) is 17.5 Å². The van der Waals surface area contributed by atoms with Crippen molar-refractivity contribution in [1.82, 2.24) is 0 Å². The SMILES string of the molecule is CCCCCCCc1cc(F)c(-c2cc(F)c3c(F)c(OCC(F)(F)F)c(F)cc3c2)c(F)c1. The monoisotopic (exact) mass is 490 g/mol. The van der Waals surface area contributed by atoms with Gasteiger partial charge in [-0.3, -0.25) is 0 Å². The van der Waals surface area contributed by atoms with Crippen molar-refractivity contribution in [2.75, 3.05) is 6.61 Å². The molecule has 3 aromatic carbocycles. The Morgan fingerprint density at radius 1 is 0.735 bits per heavy atom. The van der Waals surface area contributed by atoms with Gasteiger partial charge in [-0.2, -0.15) is 13.2 Å². The van der Waals surface area contributed by atoms with Gasteiger partial charge in [0, 0.05) is 0 Å². The highest BCUT2D eigenvalue weighted by Crippen LogP contribution is 2.37. The van der Waals surface area contributed by atoms with E-state index in [1.807, 2.05) is 0 Å². The topological polar surface area (TPSA) is 9.23 Å². The Hall–Kier alpha value is -2.84. The second-order valence-corrected chi connectivity index (χ2v) is 8.06. The minimum atomic E-state index is -4.87. The van der Waals surface area contributed by atoms with Crippen molar-refractivity contribution in [3.63, 3.8) is 0 Å². The largest absolute Gasteiger partial charge is 0.478 e. The van der Waals surface area contributed by atoms with Gasteiger partial charge in [0.05, 0.1) is 10.9 Å². The Balaban J connectivity index is 1.95. The molecule has 3 aromatic rings. The normalized spacial score (nSPS) is 11.9. The highest BCUT2D eigenvalue weighted by atomic mass is 19.4. The summed E-state index contributed by atoms with van der Waals surface area (Å²) in [5.74, 6) is -7.84. The fourth-order valence-electron chi connectivity index (χ4n) is 3.80. The Morgan fingerprint density at radius 2 is 1.38 bits per heavy atom. The van der Waals surface area contributed by atoms with Gasteiger partial charge in [-0.05, 0) is 59.7 Å². The molecule has 0 bridgehead atoms. The van der Waals surface area contributed by atoms with E-state index in [1.54, 1.807) is 0 Å². The predicted octanol–water partition coefficient (Wildman–Crippen LogP) is 8.66. The average Bonchev–Trinajstić information content (AvgIpc) is 2.71. The zero-order valence-electron chi connectivity index (χ0n) is 18.3. The van der Waals surface area contributed by atoms with Crippen LogP contribution in [0, 0.1) is 29.1 Å². The van der Waals surface area contributed by atoms with Gasteiger partial charge >= 0.3 is 6.18 Å². The number of hydrogen-bond donors (Lipinski definition) is 0. The summed E-state index contributed by atoms with van der Waals surface area (Å²) in [5, 5.41) is -1.28. The van der Waals surface area contributed by atoms with Crippen LogP contribution in [0.15, 0.2) is 30.3 Å². The molecule has 34 heavy (non-hydrogen) atoms. The second-order valence-electron chi connectivity index (χ2n) is 8.06. The van der Waals surface area contributed by atoms with Gasteiger partial charge in [0.25, 0.3) is 0 Å². The Morgan fingerprint density at radius 3 is 2.00 bits per heavy atom. The number of rotatable bonds is 9. The van der Waals surface area contributed by atoms with Crippen molar-refractivity contribution in [3.05, 3.63) is 65.0 Å². The van der Waals surface area contributed by atoms with Crippen LogP contribution in [0.1, 0.15) is 44.6 Å². The van der Waals surface area contributed by atoms with Crippen molar-refractivity contribution < 1.29 is 39.9 Å². The molecule has 0 aromatic heterocycles. The molecule has 0 atom stereocenters. The Bertz CT molecular complexity index is 1150. The lowest BCUT2D eigenvalue weighted by Crippen LogP contribution is -2.20. The van der Waals surface area contributed by atoms with Gasteiger partial charge in [-0.15, -0.1) is 0 Å². The van der Waals surface area contributed by atoms with Crippen molar-refractivity contribution >= 4 is 10.8 Å². The van der Waals surface area contributed by atoms with Crippen LogP contribution in [0.5, 0.6) is 5.75 Å². The minimum absolute atomic E-state index is 0.308. The van der Waals surface area contributed by atoms with E-state index in [0.29, 0.717) is 24.1 Å². The number of hydrogen-bond acceptors (Lipinski definition) is 1. The molecular weight excluding hydrogens is 468 g/mol. The molecule has 0 N–H and O–H groups in total. The van der Waals surface area contributed by atoms with E-state index in [2.05, 4.69) is 11.7 Å². The molecule has 0 saturated heterocycles. The molecule has 9 heteroatoms. The third kappa shape index (κ3) is 5.98. The van der Waals surface area contributed by atoms with Crippen LogP contribution in [-0.4, -0.2) is 12.8 Å². The van der Waals surface area contributed by atoms with Crippen molar-refractivity contribution in [2.45, 2.75) is 51.6 Å². The van der Waals surface area contributed by atoms with Gasteiger partial charge in [-0.25, -0.2) is 22.0 Å². The van der Waals surface area contributed by atoms with Crippen LogP contribution >= 0.6 is 0 Å². The quantitative estimate of drug-likeness (QED) is 0.215. The molecule has 0 radical (unpaired) electrons. The lowest BCUT2D eigenvalue weighted by atomic mass is 9.96. The van der Waals surface area contributed by atoms with Gasteiger partial charge in [0.2, 0.25) is 0 Å². The lowest BCUT2D eigenvalue weighted by molar-refractivity contribution is -0.154. The first-order chi connectivity index (χ1) is 16.0. The summed E-state index contributed by atoms with van der Waals surface area (Å²) in [6.45, 7) is 0.0932. The molecule has 0 aliphatic carbocycles. The van der Waals surface area contributed by atoms with Crippen molar-refractivity contribution in [1.29, 1.82) is 0 Å². The van der Waals surface area contributed by atoms with Crippen LogP contribution in [0.4, 0.5) is 35.1 Å². The molecule has 0 fully saturated rings. The highest BCUT2D eigenvalue weighted by molar-refractivity contribution is 5.90. The summed E-state index contributed by atoms with van der Waals surface area (Å²) in [6.07, 6.45) is 0.420. The molecule has 184 valence electrons. The molecular formula is C25H22F8O. The molecule has 0 aliphatic rings. The molecule has 0 saturated carbocycles. The van der Waals surface area contributed by atoms with Gasteiger partial charge in [0.15, 0.2) is 24.0 Å². The first-order valence-corrected chi connectivity index (χ1v) is 10.8. The van der Waals surface area contributed by atoms with Gasteiger partial charge in [-0.1, -0.05) is 32.6 Å². The minimum Gasteiger partial charge on any atom is -0.478 e. The van der Waals surface area contributed by atoms with Crippen molar-refractivity contribution in [3.8, 4) is 16.9 Å². The number of aryl methyl sites for hydroxylation is 1. The summed E-state index contributed by atoms with van der Waals surface area (Å²) in [6, 6.07) is 4.43. The molecule has 0 unspecified atom stereocenters. The summed E-state index contributed by atoms with van der Waals surface area (Å²) in [4.78, 5) is 0. The summed E-state index contributed by atoms with van der Waals surface area (Å²) in [7, 11) is 0. The van der Waals surface area contributed by atoms with Crippen LogP contribution in [0.3, 0.4) is 0 Å². The van der Waals surface area contributed by atoms with E-state index in [-0.39, 0.29) is 5.56 Å². The highest BCUT2D eigenvalue weighted by Gasteiger charge is 2.30. The van der Waals surface area contributed by atoms with E-state index < -0.39 is 64.0 Å². The molecule has 0 amide bonds. The molecule has 0 heterocycles. The fraction of sp³-hybridized carbons (Fsp3) is 0.360. The van der Waals surface area contributed by atoms with Crippen LogP contribution in [-0.2, 0) is 6.42 Å². The third-order valence-corrected chi connectivity index (χ3v) is 5.38. The fourth-order valence-corrected chi connectivity index (χ4v) is 3.80. The number of fused-ring (bicyclic) bond motifs is 1. The molecule has 0 spiro atoms. The number of benzene rings is 3. The zero-order chi connectivity index (χ0) is 25.0. The maximum absolute atomic E-state index is 14.8. The first kappa shape index (κ1) is 25.8. The van der Waals surface area contributed by atoms with E-state index in [0.717, 1.165) is 50.3 Å². The zero-order valence-corrected chi connectivity index (χ0v) is 18.3. The number of unbranched alkanes of at least 4 members (excludes halogenated alkanes) is 4. The predicted molar refractivity (Wildman–Crippen MR) is 113 cm³/mol. The standard InChI is InChI=1S/C25H22F8O/c1-2-3-4-5-6-7-14-8-17(26)21(18(27)9-14)15-10-16-12-20(29)24(34-13-25(31,32)33)23(30)22(16)19(28)11-15/h8-12H,2-7,13H2,1H3. The van der Waals surface area contributed by atoms with E-state index in [1.165, 1.54) is 0 Å². The maximum atomic E-state index is 14.8. The Labute approximate surface area is 191 Å². The third-order valence-electron chi connectivity index (χ3n) is 5.38. The van der Waals surface area contributed by atoms with E-state index >= 15 is 0 Å². The molecule has 1 nitrogen and oxygen atoms in total. The first-order valence-electron chi connectivity index (χ1n) is 10.8. The van der Waals surface area contributed by atoms with Crippen molar-refractivity contribution in [2.24, 2.45) is 0 Å². The second kappa shape index (κ2) is 10.6. The molecule has 0 aliphatic heterocycles. The van der Waals surface area contributed by atoms with Crippen LogP contribution < -0.4 is 4.74 Å². The van der Waals surface area contributed by atoms with Gasteiger partial charge < -0.3 is 4.74 Å². The smallest absolute Gasteiger partial charge is 0.422 e. The summed E-state index contributed by atoms with van der Waals surface area (Å²) >= 11 is 0. The summed E-state index contributed by atoms with van der Waals surface area (Å²) < 4.78 is 114. The number of ether oxygens (including phenoxy) is 1. The maximum Gasteiger partial charge on any atom is 0.422 e.